The van der Waals surface area contributed by atoms with E-state index in [1.165, 1.54) is 7.11 Å². The summed E-state index contributed by atoms with van der Waals surface area (Å²) >= 11 is 0. The van der Waals surface area contributed by atoms with E-state index in [2.05, 4.69) is 10.1 Å². The highest BCUT2D eigenvalue weighted by Crippen LogP contribution is 2.13. The highest BCUT2D eigenvalue weighted by molar-refractivity contribution is 5.71. The van der Waals surface area contributed by atoms with E-state index in [1.807, 2.05) is 45.1 Å². The third-order valence-electron chi connectivity index (χ3n) is 2.54. The molecule has 0 aromatic heterocycles. The van der Waals surface area contributed by atoms with Gasteiger partial charge < -0.3 is 19.5 Å². The quantitative estimate of drug-likeness (QED) is 0.816. The number of hydrogen-bond donors (Lipinski definition) is 1. The molecule has 0 heterocycles. The predicted molar refractivity (Wildman–Crippen MR) is 87.2 cm³/mol. The largest absolute Gasteiger partial charge is 0.482 e. The Morgan fingerprint density at radius 3 is 2.39 bits per heavy atom. The number of esters is 1. The molecule has 0 saturated carbocycles. The third kappa shape index (κ3) is 8.50. The molecule has 0 aliphatic rings. The first kappa shape index (κ1) is 18.5. The van der Waals surface area contributed by atoms with E-state index < -0.39 is 17.7 Å². The molecule has 0 saturated heterocycles. The number of benzene rings is 1. The average molecular weight is 321 g/mol. The first-order valence-electron chi connectivity index (χ1n) is 7.23. The zero-order chi connectivity index (χ0) is 17.3. The number of carbonyl (C=O) groups excluding carboxylic acids is 2. The van der Waals surface area contributed by atoms with Crippen LogP contribution in [-0.2, 0) is 14.3 Å². The lowest BCUT2D eigenvalue weighted by molar-refractivity contribution is -0.142. The van der Waals surface area contributed by atoms with E-state index >= 15 is 0 Å². The molecule has 6 heteroatoms. The fourth-order valence-corrected chi connectivity index (χ4v) is 1.53. The smallest absolute Gasteiger partial charge is 0.407 e. The molecule has 0 spiro atoms. The van der Waals surface area contributed by atoms with Crippen LogP contribution in [0.2, 0.25) is 0 Å². The van der Waals surface area contributed by atoms with Gasteiger partial charge in [-0.1, -0.05) is 24.3 Å². The van der Waals surface area contributed by atoms with Crippen molar-refractivity contribution in [3.05, 3.63) is 35.9 Å². The van der Waals surface area contributed by atoms with Crippen molar-refractivity contribution in [1.29, 1.82) is 0 Å². The van der Waals surface area contributed by atoms with Crippen LogP contribution in [0.1, 0.15) is 26.3 Å². The van der Waals surface area contributed by atoms with Crippen molar-refractivity contribution in [3.8, 4) is 5.75 Å². The monoisotopic (exact) mass is 321 g/mol. The number of methoxy groups -OCH3 is 1. The molecule has 0 bridgehead atoms. The van der Waals surface area contributed by atoms with Gasteiger partial charge in [-0.2, -0.15) is 0 Å². The molecule has 0 atom stereocenters. The summed E-state index contributed by atoms with van der Waals surface area (Å²) in [4.78, 5) is 22.4. The van der Waals surface area contributed by atoms with E-state index in [4.69, 9.17) is 9.47 Å². The van der Waals surface area contributed by atoms with E-state index in [1.54, 1.807) is 12.1 Å². The van der Waals surface area contributed by atoms with Crippen molar-refractivity contribution in [2.45, 2.75) is 26.4 Å². The molecule has 23 heavy (non-hydrogen) atoms. The van der Waals surface area contributed by atoms with Crippen molar-refractivity contribution in [2.24, 2.45) is 0 Å². The predicted octanol–water partition coefficient (Wildman–Crippen LogP) is 2.78. The summed E-state index contributed by atoms with van der Waals surface area (Å²) in [7, 11) is 1.31. The maximum absolute atomic E-state index is 11.4. The molecule has 6 nitrogen and oxygen atoms in total. The number of rotatable bonds is 6. The molecule has 1 aromatic rings. The van der Waals surface area contributed by atoms with Crippen molar-refractivity contribution >= 4 is 18.1 Å². The summed E-state index contributed by atoms with van der Waals surface area (Å²) in [6, 6.07) is 7.20. The minimum atomic E-state index is -0.506. The first-order chi connectivity index (χ1) is 10.8. The number of alkyl carbamates (subject to hydrolysis) is 1. The SMILES string of the molecule is COC(=O)COc1ccc(C=CCNC(=O)OC(C)(C)C)cc1. The van der Waals surface area contributed by atoms with Gasteiger partial charge in [-0.25, -0.2) is 9.59 Å². The summed E-state index contributed by atoms with van der Waals surface area (Å²) in [6.07, 6.45) is 3.23. The lowest BCUT2D eigenvalue weighted by Crippen LogP contribution is -2.32. The second kappa shape index (κ2) is 8.82. The van der Waals surface area contributed by atoms with Gasteiger partial charge in [-0.05, 0) is 38.5 Å². The zero-order valence-electron chi connectivity index (χ0n) is 13.9. The van der Waals surface area contributed by atoms with Gasteiger partial charge in [0.15, 0.2) is 6.61 Å². The van der Waals surface area contributed by atoms with Crippen LogP contribution in [-0.4, -0.2) is 37.9 Å². The molecule has 1 aromatic carbocycles. The van der Waals surface area contributed by atoms with Crippen LogP contribution in [0.3, 0.4) is 0 Å². The zero-order valence-corrected chi connectivity index (χ0v) is 13.9. The summed E-state index contributed by atoms with van der Waals surface area (Å²) in [6.45, 7) is 5.69. The van der Waals surface area contributed by atoms with E-state index in [0.29, 0.717) is 12.3 Å². The van der Waals surface area contributed by atoms with Crippen LogP contribution >= 0.6 is 0 Å². The lowest BCUT2D eigenvalue weighted by atomic mass is 10.2. The molecule has 0 unspecified atom stereocenters. The van der Waals surface area contributed by atoms with Gasteiger partial charge in [0.05, 0.1) is 7.11 Å². The van der Waals surface area contributed by atoms with Gasteiger partial charge in [-0.3, -0.25) is 0 Å². The van der Waals surface area contributed by atoms with Crippen LogP contribution in [0.25, 0.3) is 6.08 Å². The number of ether oxygens (including phenoxy) is 3. The van der Waals surface area contributed by atoms with Crippen molar-refractivity contribution in [3.63, 3.8) is 0 Å². The Balaban J connectivity index is 2.37. The van der Waals surface area contributed by atoms with E-state index in [9.17, 15) is 9.59 Å². The van der Waals surface area contributed by atoms with Gasteiger partial charge in [0, 0.05) is 6.54 Å². The highest BCUT2D eigenvalue weighted by atomic mass is 16.6. The van der Waals surface area contributed by atoms with Crippen molar-refractivity contribution in [1.82, 2.24) is 5.32 Å². The average Bonchev–Trinajstić information content (AvgIpc) is 2.48. The van der Waals surface area contributed by atoms with Crippen LogP contribution in [0.5, 0.6) is 5.75 Å². The normalized spacial score (nSPS) is 11.1. The van der Waals surface area contributed by atoms with Gasteiger partial charge in [-0.15, -0.1) is 0 Å². The van der Waals surface area contributed by atoms with Crippen molar-refractivity contribution < 1.29 is 23.8 Å². The van der Waals surface area contributed by atoms with Gasteiger partial charge in [0.1, 0.15) is 11.4 Å². The Labute approximate surface area is 136 Å². The second-order valence-corrected chi connectivity index (χ2v) is 5.72. The van der Waals surface area contributed by atoms with Crippen LogP contribution in [0.4, 0.5) is 4.79 Å². The maximum atomic E-state index is 11.4. The van der Waals surface area contributed by atoms with Crippen molar-refractivity contribution in [2.75, 3.05) is 20.3 Å². The number of carbonyl (C=O) groups is 2. The number of hydrogen-bond acceptors (Lipinski definition) is 5. The minimum Gasteiger partial charge on any atom is -0.482 e. The molecular formula is C17H23NO5. The fourth-order valence-electron chi connectivity index (χ4n) is 1.53. The molecule has 1 rings (SSSR count). The summed E-state index contributed by atoms with van der Waals surface area (Å²) in [5.74, 6) is 0.154. The number of nitrogens with one attached hydrogen (secondary N) is 1. The van der Waals surface area contributed by atoms with Gasteiger partial charge in [0.2, 0.25) is 0 Å². The topological polar surface area (TPSA) is 73.9 Å². The molecule has 0 aliphatic heterocycles. The molecule has 1 N–H and O–H groups in total. The van der Waals surface area contributed by atoms with Crippen LogP contribution < -0.4 is 10.1 Å². The lowest BCUT2D eigenvalue weighted by Gasteiger charge is -2.19. The maximum Gasteiger partial charge on any atom is 0.407 e. The van der Waals surface area contributed by atoms with Gasteiger partial charge >= 0.3 is 12.1 Å². The highest BCUT2D eigenvalue weighted by Gasteiger charge is 2.14. The Kier molecular flexibility index (Phi) is 7.12. The van der Waals surface area contributed by atoms with E-state index in [-0.39, 0.29) is 6.61 Å². The Morgan fingerprint density at radius 2 is 1.83 bits per heavy atom. The first-order valence-corrected chi connectivity index (χ1v) is 7.23. The summed E-state index contributed by atoms with van der Waals surface area (Å²) in [5.41, 5.74) is 0.440. The third-order valence-corrected chi connectivity index (χ3v) is 2.54. The van der Waals surface area contributed by atoms with Crippen LogP contribution in [0, 0.1) is 0 Å². The Bertz CT molecular complexity index is 543. The van der Waals surface area contributed by atoms with Crippen LogP contribution in [0.15, 0.2) is 30.3 Å². The standard InChI is InChI=1S/C17H23NO5/c1-17(2,3)23-16(20)18-11-5-6-13-7-9-14(10-8-13)22-12-15(19)21-4/h5-10H,11-12H2,1-4H3,(H,18,20). The molecule has 1 amide bonds. The molecule has 0 radical (unpaired) electrons. The molecule has 0 fully saturated rings. The molecule has 126 valence electrons. The minimum absolute atomic E-state index is 0.120. The number of amides is 1. The fraction of sp³-hybridized carbons (Fsp3) is 0.412. The molecular weight excluding hydrogens is 298 g/mol. The van der Waals surface area contributed by atoms with E-state index in [0.717, 1.165) is 5.56 Å². The molecule has 0 aliphatic carbocycles. The Morgan fingerprint density at radius 1 is 1.17 bits per heavy atom. The summed E-state index contributed by atoms with van der Waals surface area (Å²) in [5, 5.41) is 2.64. The Hall–Kier alpha value is -2.50. The second-order valence-electron chi connectivity index (χ2n) is 5.72. The summed E-state index contributed by atoms with van der Waals surface area (Å²) < 4.78 is 14.9. The van der Waals surface area contributed by atoms with Gasteiger partial charge in [0.25, 0.3) is 0 Å².